The molecule has 104 valence electrons. The van der Waals surface area contributed by atoms with Gasteiger partial charge in [0.15, 0.2) is 0 Å². The Labute approximate surface area is 119 Å². The number of likely N-dealkylation sites (tertiary alicyclic amines) is 1. The molecule has 3 rings (SSSR count). The van der Waals surface area contributed by atoms with Gasteiger partial charge in [0.2, 0.25) is 0 Å². The van der Waals surface area contributed by atoms with E-state index in [-0.39, 0.29) is 0 Å². The Hall–Kier alpha value is -0.770. The van der Waals surface area contributed by atoms with Gasteiger partial charge in [0.1, 0.15) is 12.4 Å². The molecule has 3 nitrogen and oxygen atoms in total. The Kier molecular flexibility index (Phi) is 4.26. The molecule has 1 aromatic carbocycles. The van der Waals surface area contributed by atoms with E-state index in [9.17, 15) is 0 Å². The third-order valence-corrected chi connectivity index (χ3v) is 4.58. The van der Waals surface area contributed by atoms with Gasteiger partial charge in [0, 0.05) is 19.1 Å². The summed E-state index contributed by atoms with van der Waals surface area (Å²) in [5, 5.41) is 4.20. The van der Waals surface area contributed by atoms with E-state index >= 15 is 0 Å². The lowest BCUT2D eigenvalue weighted by atomic mass is 9.92. The fourth-order valence-corrected chi connectivity index (χ4v) is 3.47. The summed E-state index contributed by atoms with van der Waals surface area (Å²) >= 11 is 6.09. The smallest absolute Gasteiger partial charge is 0.137 e. The lowest BCUT2D eigenvalue weighted by molar-refractivity contribution is 0.105. The van der Waals surface area contributed by atoms with Gasteiger partial charge in [-0.2, -0.15) is 0 Å². The first-order chi connectivity index (χ1) is 9.34. The average Bonchev–Trinajstić information content (AvgIpc) is 2.90. The zero-order valence-corrected chi connectivity index (χ0v) is 11.9. The third-order valence-electron chi connectivity index (χ3n) is 4.27. The molecule has 2 unspecified atom stereocenters. The van der Waals surface area contributed by atoms with Gasteiger partial charge in [-0.3, -0.25) is 4.90 Å². The summed E-state index contributed by atoms with van der Waals surface area (Å²) in [5.41, 5.74) is 0. The van der Waals surface area contributed by atoms with E-state index in [1.807, 2.05) is 24.3 Å². The maximum Gasteiger partial charge on any atom is 0.137 e. The maximum absolute atomic E-state index is 6.09. The van der Waals surface area contributed by atoms with Gasteiger partial charge in [-0.15, -0.1) is 0 Å². The summed E-state index contributed by atoms with van der Waals surface area (Å²) < 4.78 is 5.79. The number of halogens is 1. The van der Waals surface area contributed by atoms with Crippen LogP contribution in [0.1, 0.15) is 12.8 Å². The van der Waals surface area contributed by atoms with Crippen molar-refractivity contribution in [2.24, 2.45) is 5.92 Å². The normalized spacial score (nSPS) is 27.2. The Balaban J connectivity index is 1.51. The largest absolute Gasteiger partial charge is 0.491 e. The zero-order valence-electron chi connectivity index (χ0n) is 11.1. The van der Waals surface area contributed by atoms with Crippen LogP contribution in [0.15, 0.2) is 24.3 Å². The monoisotopic (exact) mass is 280 g/mol. The van der Waals surface area contributed by atoms with Crippen LogP contribution in [0.25, 0.3) is 0 Å². The number of benzene rings is 1. The summed E-state index contributed by atoms with van der Waals surface area (Å²) in [6, 6.07) is 8.39. The van der Waals surface area contributed by atoms with Gasteiger partial charge in [-0.05, 0) is 44.0 Å². The van der Waals surface area contributed by atoms with Crippen LogP contribution in [0.4, 0.5) is 0 Å². The van der Waals surface area contributed by atoms with E-state index in [1.165, 1.54) is 25.9 Å². The first-order valence-electron chi connectivity index (χ1n) is 7.16. The Morgan fingerprint density at radius 3 is 3.11 bits per heavy atom. The second-order valence-electron chi connectivity index (χ2n) is 5.44. The summed E-state index contributed by atoms with van der Waals surface area (Å²) in [6.07, 6.45) is 2.69. The molecule has 0 radical (unpaired) electrons. The van der Waals surface area contributed by atoms with Crippen molar-refractivity contribution < 1.29 is 4.74 Å². The molecule has 2 atom stereocenters. The highest BCUT2D eigenvalue weighted by molar-refractivity contribution is 6.32. The third kappa shape index (κ3) is 3.04. The molecule has 4 heteroatoms. The van der Waals surface area contributed by atoms with Crippen molar-refractivity contribution in [3.63, 3.8) is 0 Å². The van der Waals surface area contributed by atoms with E-state index in [2.05, 4.69) is 10.2 Å². The molecular formula is C15H21ClN2O. The van der Waals surface area contributed by atoms with Crippen molar-refractivity contribution in [1.82, 2.24) is 10.2 Å². The molecule has 0 aliphatic carbocycles. The maximum atomic E-state index is 6.09. The van der Waals surface area contributed by atoms with Crippen LogP contribution in [-0.2, 0) is 0 Å². The fraction of sp³-hybridized carbons (Fsp3) is 0.600. The van der Waals surface area contributed by atoms with Crippen LogP contribution < -0.4 is 10.1 Å². The van der Waals surface area contributed by atoms with Crippen molar-refractivity contribution in [3.8, 4) is 5.75 Å². The molecular weight excluding hydrogens is 260 g/mol. The number of hydrogen-bond donors (Lipinski definition) is 1. The average molecular weight is 281 g/mol. The van der Waals surface area contributed by atoms with Crippen LogP contribution in [0.3, 0.4) is 0 Å². The predicted molar refractivity (Wildman–Crippen MR) is 77.9 cm³/mol. The number of rotatable bonds is 4. The van der Waals surface area contributed by atoms with Crippen LogP contribution in [0, 0.1) is 5.92 Å². The predicted octanol–water partition coefficient (Wildman–Crippen LogP) is 2.40. The lowest BCUT2D eigenvalue weighted by Crippen LogP contribution is -2.46. The molecule has 1 N–H and O–H groups in total. The topological polar surface area (TPSA) is 24.5 Å². The number of para-hydroxylation sites is 1. The summed E-state index contributed by atoms with van der Waals surface area (Å²) in [7, 11) is 0. The highest BCUT2D eigenvalue weighted by atomic mass is 35.5. The lowest BCUT2D eigenvalue weighted by Gasteiger charge is -2.36. The van der Waals surface area contributed by atoms with Gasteiger partial charge in [-0.1, -0.05) is 23.7 Å². The van der Waals surface area contributed by atoms with Crippen molar-refractivity contribution >= 4 is 11.6 Å². The molecule has 0 aromatic heterocycles. The minimum Gasteiger partial charge on any atom is -0.491 e. The van der Waals surface area contributed by atoms with Crippen LogP contribution in [0.2, 0.25) is 5.02 Å². The first-order valence-corrected chi connectivity index (χ1v) is 7.54. The highest BCUT2D eigenvalue weighted by Gasteiger charge is 2.34. The molecule has 0 amide bonds. The molecule has 0 spiro atoms. The Morgan fingerprint density at radius 1 is 1.32 bits per heavy atom. The minimum absolute atomic E-state index is 0.696. The van der Waals surface area contributed by atoms with Crippen LogP contribution in [-0.4, -0.2) is 43.7 Å². The summed E-state index contributed by atoms with van der Waals surface area (Å²) in [4.78, 5) is 2.57. The summed E-state index contributed by atoms with van der Waals surface area (Å²) in [5.74, 6) is 1.64. The number of piperidine rings is 1. The van der Waals surface area contributed by atoms with Gasteiger partial charge >= 0.3 is 0 Å². The van der Waals surface area contributed by atoms with Crippen molar-refractivity contribution in [3.05, 3.63) is 29.3 Å². The quantitative estimate of drug-likeness (QED) is 0.917. The summed E-state index contributed by atoms with van der Waals surface area (Å²) in [6.45, 7) is 5.24. The van der Waals surface area contributed by atoms with Crippen LogP contribution >= 0.6 is 11.6 Å². The number of ether oxygens (including phenoxy) is 1. The van der Waals surface area contributed by atoms with Gasteiger partial charge in [0.25, 0.3) is 0 Å². The number of nitrogens with zero attached hydrogens (tertiary/aromatic N) is 1. The number of fused-ring (bicyclic) bond motifs is 1. The standard InChI is InChI=1S/C15H21ClN2O/c16-13-5-1-2-6-15(13)19-9-8-18-7-3-4-12-10-17-11-14(12)18/h1-2,5-6,12,14,17H,3-4,7-11H2. The fourth-order valence-electron chi connectivity index (χ4n) is 3.28. The second kappa shape index (κ2) is 6.12. The van der Waals surface area contributed by atoms with E-state index in [4.69, 9.17) is 16.3 Å². The molecule has 2 heterocycles. The molecule has 2 saturated heterocycles. The van der Waals surface area contributed by atoms with Gasteiger partial charge < -0.3 is 10.1 Å². The van der Waals surface area contributed by atoms with Crippen molar-refractivity contribution in [2.45, 2.75) is 18.9 Å². The molecule has 1 aromatic rings. The van der Waals surface area contributed by atoms with Gasteiger partial charge in [0.05, 0.1) is 5.02 Å². The molecule has 19 heavy (non-hydrogen) atoms. The molecule has 0 bridgehead atoms. The van der Waals surface area contributed by atoms with E-state index in [0.717, 1.165) is 24.8 Å². The molecule has 0 saturated carbocycles. The first kappa shape index (κ1) is 13.2. The number of nitrogens with one attached hydrogen (secondary N) is 1. The SMILES string of the molecule is Clc1ccccc1OCCN1CCCC2CNCC21. The molecule has 2 aliphatic heterocycles. The van der Waals surface area contributed by atoms with E-state index in [1.54, 1.807) is 0 Å². The Morgan fingerprint density at radius 2 is 2.21 bits per heavy atom. The van der Waals surface area contributed by atoms with E-state index in [0.29, 0.717) is 17.7 Å². The molecule has 2 aliphatic rings. The zero-order chi connectivity index (χ0) is 13.1. The van der Waals surface area contributed by atoms with Crippen molar-refractivity contribution in [2.75, 3.05) is 32.8 Å². The van der Waals surface area contributed by atoms with Crippen molar-refractivity contribution in [1.29, 1.82) is 0 Å². The Bertz CT molecular complexity index is 426. The highest BCUT2D eigenvalue weighted by Crippen LogP contribution is 2.26. The van der Waals surface area contributed by atoms with E-state index < -0.39 is 0 Å². The minimum atomic E-state index is 0.696. The van der Waals surface area contributed by atoms with Gasteiger partial charge in [-0.25, -0.2) is 0 Å². The number of hydrogen-bond acceptors (Lipinski definition) is 3. The van der Waals surface area contributed by atoms with Crippen LogP contribution in [0.5, 0.6) is 5.75 Å². The second-order valence-corrected chi connectivity index (χ2v) is 5.85. The molecule has 2 fully saturated rings.